The summed E-state index contributed by atoms with van der Waals surface area (Å²) in [7, 11) is 1.49. The van der Waals surface area contributed by atoms with E-state index in [1.807, 2.05) is 0 Å². The Morgan fingerprint density at radius 1 is 1.26 bits per heavy atom. The normalized spacial score (nSPS) is 16.4. The molecule has 0 fully saturated rings. The number of aromatic nitrogens is 1. The first-order chi connectivity index (χ1) is 14.2. The number of rotatable bonds is 6. The summed E-state index contributed by atoms with van der Waals surface area (Å²) in [6, 6.07) is 9.19. The SMILES string of the molecule is CCC(C)(N=C(N)C(O)(F)C(F)(F)F)c1cccc(N(C)C(=O)c2ccc(Cl)cn2)c1. The third-order valence-electron chi connectivity index (χ3n) is 4.88. The fraction of sp³-hybridized carbons (Fsp3) is 0.350. The summed E-state index contributed by atoms with van der Waals surface area (Å²) < 4.78 is 52.1. The van der Waals surface area contributed by atoms with Crippen LogP contribution >= 0.6 is 11.6 Å². The lowest BCUT2D eigenvalue weighted by Crippen LogP contribution is -2.52. The van der Waals surface area contributed by atoms with E-state index in [1.165, 1.54) is 43.3 Å². The van der Waals surface area contributed by atoms with Crippen LogP contribution in [0.3, 0.4) is 0 Å². The standard InChI is InChI=1S/C20H21ClF4N4O2/c1-4-18(2,28-17(26)19(22,31)20(23,24)25)12-6-5-7-14(10-12)29(3)16(30)15-9-8-13(21)11-27-15/h5-11,31H,4H2,1-3H3,(H2,26,28). The molecule has 2 atom stereocenters. The van der Waals surface area contributed by atoms with Crippen LogP contribution in [0.1, 0.15) is 36.3 Å². The molecule has 11 heteroatoms. The highest BCUT2D eigenvalue weighted by molar-refractivity contribution is 6.30. The number of pyridine rings is 1. The van der Waals surface area contributed by atoms with E-state index in [0.717, 1.165) is 0 Å². The van der Waals surface area contributed by atoms with Crippen molar-refractivity contribution in [3.8, 4) is 0 Å². The number of halogens is 5. The van der Waals surface area contributed by atoms with Gasteiger partial charge in [0.25, 0.3) is 5.91 Å². The Bertz CT molecular complexity index is 980. The Morgan fingerprint density at radius 3 is 2.42 bits per heavy atom. The Labute approximate surface area is 181 Å². The molecule has 0 saturated carbocycles. The molecule has 1 aromatic heterocycles. The molecule has 1 heterocycles. The summed E-state index contributed by atoms with van der Waals surface area (Å²) in [5.41, 5.74) is 4.66. The van der Waals surface area contributed by atoms with E-state index < -0.39 is 29.3 Å². The van der Waals surface area contributed by atoms with Crippen molar-refractivity contribution in [2.24, 2.45) is 10.7 Å². The lowest BCUT2D eigenvalue weighted by Gasteiger charge is -2.29. The van der Waals surface area contributed by atoms with Crippen LogP contribution in [-0.2, 0) is 5.54 Å². The zero-order valence-corrected chi connectivity index (χ0v) is 17.7. The van der Waals surface area contributed by atoms with E-state index in [4.69, 9.17) is 22.4 Å². The van der Waals surface area contributed by atoms with E-state index in [2.05, 4.69) is 9.98 Å². The molecular formula is C20H21ClF4N4O2. The van der Waals surface area contributed by atoms with E-state index in [0.29, 0.717) is 16.3 Å². The predicted molar refractivity (Wildman–Crippen MR) is 110 cm³/mol. The van der Waals surface area contributed by atoms with E-state index in [-0.39, 0.29) is 12.1 Å². The third kappa shape index (κ3) is 5.13. The van der Waals surface area contributed by atoms with E-state index >= 15 is 0 Å². The number of hydrogen-bond donors (Lipinski definition) is 2. The molecule has 2 aromatic rings. The van der Waals surface area contributed by atoms with Gasteiger partial charge >= 0.3 is 12.0 Å². The molecule has 2 unspecified atom stereocenters. The number of hydrogen-bond acceptors (Lipinski definition) is 4. The maximum atomic E-state index is 13.8. The molecule has 0 spiro atoms. The van der Waals surface area contributed by atoms with Gasteiger partial charge in [-0.2, -0.15) is 17.6 Å². The average Bonchev–Trinajstić information content (AvgIpc) is 2.72. The van der Waals surface area contributed by atoms with E-state index in [1.54, 1.807) is 25.1 Å². The number of anilines is 1. The van der Waals surface area contributed by atoms with Gasteiger partial charge in [-0.05, 0) is 43.2 Å². The molecule has 2 rings (SSSR count). The second kappa shape index (κ2) is 8.80. The first-order valence-corrected chi connectivity index (χ1v) is 9.44. The number of carbonyl (C=O) groups excluding carboxylic acids is 1. The number of benzene rings is 1. The van der Waals surface area contributed by atoms with Crippen molar-refractivity contribution in [1.82, 2.24) is 4.98 Å². The van der Waals surface area contributed by atoms with Gasteiger partial charge in [0, 0.05) is 18.9 Å². The largest absolute Gasteiger partial charge is 0.456 e. The van der Waals surface area contributed by atoms with Crippen molar-refractivity contribution in [1.29, 1.82) is 0 Å². The van der Waals surface area contributed by atoms with Gasteiger partial charge < -0.3 is 15.7 Å². The first kappa shape index (κ1) is 24.5. The number of amidine groups is 1. The van der Waals surface area contributed by atoms with Crippen molar-refractivity contribution in [2.45, 2.75) is 37.8 Å². The summed E-state index contributed by atoms with van der Waals surface area (Å²) in [5, 5.41) is 9.53. The minimum Gasteiger partial charge on any atom is -0.382 e. The molecular weight excluding hydrogens is 440 g/mol. The zero-order valence-electron chi connectivity index (χ0n) is 16.9. The average molecular weight is 461 g/mol. The van der Waals surface area contributed by atoms with Crippen LogP contribution in [0.5, 0.6) is 0 Å². The number of carbonyl (C=O) groups is 1. The van der Waals surface area contributed by atoms with Crippen LogP contribution in [-0.4, -0.2) is 40.9 Å². The first-order valence-electron chi connectivity index (χ1n) is 9.07. The highest BCUT2D eigenvalue weighted by Crippen LogP contribution is 2.36. The topological polar surface area (TPSA) is 91.8 Å². The van der Waals surface area contributed by atoms with Gasteiger partial charge in [-0.15, -0.1) is 0 Å². The minimum absolute atomic E-state index is 0.126. The van der Waals surface area contributed by atoms with Gasteiger partial charge in [0.1, 0.15) is 5.69 Å². The highest BCUT2D eigenvalue weighted by atomic mass is 35.5. The molecule has 3 N–H and O–H groups in total. The van der Waals surface area contributed by atoms with Crippen LogP contribution in [0.4, 0.5) is 23.2 Å². The Hall–Kier alpha value is -2.72. The van der Waals surface area contributed by atoms with Crippen LogP contribution < -0.4 is 10.6 Å². The molecule has 0 radical (unpaired) electrons. The molecule has 1 aromatic carbocycles. The zero-order chi connectivity index (χ0) is 23.6. The van der Waals surface area contributed by atoms with Crippen molar-refractivity contribution in [2.75, 3.05) is 11.9 Å². The van der Waals surface area contributed by atoms with Crippen molar-refractivity contribution >= 4 is 29.0 Å². The number of nitrogens with two attached hydrogens (primary N) is 1. The number of alkyl halides is 4. The van der Waals surface area contributed by atoms with Gasteiger partial charge in [0.2, 0.25) is 0 Å². The molecule has 168 valence electrons. The maximum Gasteiger partial charge on any atom is 0.456 e. The van der Waals surface area contributed by atoms with Crippen molar-refractivity contribution in [3.63, 3.8) is 0 Å². The molecule has 1 amide bonds. The Morgan fingerprint density at radius 2 is 1.90 bits per heavy atom. The van der Waals surface area contributed by atoms with Gasteiger partial charge in [-0.25, -0.2) is 4.98 Å². The number of aliphatic hydroxyl groups is 1. The number of aliphatic imine (C=N–C) groups is 1. The summed E-state index contributed by atoms with van der Waals surface area (Å²) in [5.74, 6) is -6.83. The Kier molecular flexibility index (Phi) is 6.97. The smallest absolute Gasteiger partial charge is 0.382 e. The molecule has 0 saturated heterocycles. The summed E-state index contributed by atoms with van der Waals surface area (Å²) in [6.07, 6.45) is -4.19. The number of amides is 1. The Balaban J connectivity index is 2.42. The van der Waals surface area contributed by atoms with Gasteiger partial charge in [-0.3, -0.25) is 9.79 Å². The number of nitrogens with zero attached hydrogens (tertiary/aromatic N) is 3. The van der Waals surface area contributed by atoms with Crippen LogP contribution in [0, 0.1) is 0 Å². The second-order valence-electron chi connectivity index (χ2n) is 7.02. The van der Waals surface area contributed by atoms with Crippen LogP contribution in [0.25, 0.3) is 0 Å². The maximum absolute atomic E-state index is 13.8. The molecule has 6 nitrogen and oxygen atoms in total. The van der Waals surface area contributed by atoms with Gasteiger partial charge in [-0.1, -0.05) is 30.7 Å². The van der Waals surface area contributed by atoms with Gasteiger partial charge in [0.15, 0.2) is 5.84 Å². The third-order valence-corrected chi connectivity index (χ3v) is 5.10. The molecule has 0 aliphatic heterocycles. The van der Waals surface area contributed by atoms with E-state index in [9.17, 15) is 22.4 Å². The molecule has 0 aliphatic carbocycles. The summed E-state index contributed by atoms with van der Waals surface area (Å²) in [6.45, 7) is 3.05. The fourth-order valence-corrected chi connectivity index (χ4v) is 2.79. The predicted octanol–water partition coefficient (Wildman–Crippen LogP) is 4.21. The van der Waals surface area contributed by atoms with Crippen molar-refractivity contribution in [3.05, 3.63) is 58.9 Å². The summed E-state index contributed by atoms with van der Waals surface area (Å²) in [4.78, 5) is 21.6. The van der Waals surface area contributed by atoms with Gasteiger partial charge in [0.05, 0.1) is 10.6 Å². The molecule has 0 bridgehead atoms. The molecule has 31 heavy (non-hydrogen) atoms. The second-order valence-corrected chi connectivity index (χ2v) is 7.46. The lowest BCUT2D eigenvalue weighted by atomic mass is 9.89. The van der Waals surface area contributed by atoms with Crippen LogP contribution in [0.15, 0.2) is 47.6 Å². The lowest BCUT2D eigenvalue weighted by molar-refractivity contribution is -0.280. The molecule has 0 aliphatic rings. The quantitative estimate of drug-likeness (QED) is 0.383. The summed E-state index contributed by atoms with van der Waals surface area (Å²) >= 11 is 5.78. The van der Waals surface area contributed by atoms with Crippen molar-refractivity contribution < 1.29 is 27.5 Å². The van der Waals surface area contributed by atoms with Crippen LogP contribution in [0.2, 0.25) is 5.02 Å². The fourth-order valence-electron chi connectivity index (χ4n) is 2.67. The minimum atomic E-state index is -5.64. The highest BCUT2D eigenvalue weighted by Gasteiger charge is 2.59. The monoisotopic (exact) mass is 460 g/mol.